The van der Waals surface area contributed by atoms with Gasteiger partial charge >= 0.3 is 0 Å². The molecule has 2 heterocycles. The highest BCUT2D eigenvalue weighted by atomic mass is 16.5. The van der Waals surface area contributed by atoms with Crippen LogP contribution in [0.3, 0.4) is 0 Å². The van der Waals surface area contributed by atoms with Crippen LogP contribution in [0.2, 0.25) is 0 Å². The number of aliphatic hydroxyl groups is 1. The Morgan fingerprint density at radius 2 is 2.22 bits per heavy atom. The van der Waals surface area contributed by atoms with Crippen molar-refractivity contribution in [1.82, 2.24) is 19.7 Å². The highest BCUT2D eigenvalue weighted by Crippen LogP contribution is 2.19. The van der Waals surface area contributed by atoms with Gasteiger partial charge in [-0.2, -0.15) is 5.10 Å². The Labute approximate surface area is 136 Å². The third-order valence-electron chi connectivity index (χ3n) is 4.43. The Bertz CT molecular complexity index is 630. The molecular formula is C17H24N4O2. The Balaban J connectivity index is 1.57. The number of hydrogen-bond donors (Lipinski definition) is 1. The van der Waals surface area contributed by atoms with Crippen molar-refractivity contribution >= 4 is 0 Å². The van der Waals surface area contributed by atoms with Crippen LogP contribution in [-0.2, 0) is 11.3 Å². The number of hydrogen-bond acceptors (Lipinski definition) is 5. The number of aryl methyl sites for hydroxylation is 2. The van der Waals surface area contributed by atoms with Gasteiger partial charge in [0.15, 0.2) is 0 Å². The van der Waals surface area contributed by atoms with Crippen molar-refractivity contribution in [1.29, 1.82) is 0 Å². The van der Waals surface area contributed by atoms with E-state index in [9.17, 15) is 5.11 Å². The van der Waals surface area contributed by atoms with Crippen LogP contribution in [0.5, 0.6) is 0 Å². The van der Waals surface area contributed by atoms with Gasteiger partial charge in [0, 0.05) is 19.6 Å². The first-order valence-electron chi connectivity index (χ1n) is 8.03. The zero-order chi connectivity index (χ0) is 16.2. The SMILES string of the molecule is Cc1ccc(C(O)CN2CCOC(Cn3cncn3)C2)cc1C. The second kappa shape index (κ2) is 7.21. The third kappa shape index (κ3) is 4.16. The first-order chi connectivity index (χ1) is 11.1. The minimum absolute atomic E-state index is 0.0809. The Morgan fingerprint density at radius 3 is 2.96 bits per heavy atom. The molecule has 0 bridgehead atoms. The molecule has 0 amide bonds. The molecule has 2 atom stereocenters. The van der Waals surface area contributed by atoms with Crippen molar-refractivity contribution in [2.75, 3.05) is 26.2 Å². The van der Waals surface area contributed by atoms with Crippen LogP contribution in [0.4, 0.5) is 0 Å². The molecule has 6 heteroatoms. The first-order valence-corrected chi connectivity index (χ1v) is 8.03. The maximum Gasteiger partial charge on any atom is 0.137 e. The smallest absolute Gasteiger partial charge is 0.137 e. The standard InChI is InChI=1S/C17H24N4O2/c1-13-3-4-15(7-14(13)2)17(22)10-20-5-6-23-16(8-20)9-21-12-18-11-19-21/h3-4,7,11-12,16-17,22H,5-6,8-10H2,1-2H3. The molecule has 1 fully saturated rings. The topological polar surface area (TPSA) is 63.4 Å². The van der Waals surface area contributed by atoms with Crippen molar-refractivity contribution < 1.29 is 9.84 Å². The number of aromatic nitrogens is 3. The zero-order valence-corrected chi connectivity index (χ0v) is 13.7. The van der Waals surface area contributed by atoms with Gasteiger partial charge in [-0.15, -0.1) is 0 Å². The molecule has 0 radical (unpaired) electrons. The number of nitrogens with zero attached hydrogens (tertiary/aromatic N) is 4. The van der Waals surface area contributed by atoms with Crippen LogP contribution in [0.15, 0.2) is 30.9 Å². The lowest BCUT2D eigenvalue weighted by Crippen LogP contribution is -2.45. The molecule has 1 aliphatic rings. The summed E-state index contributed by atoms with van der Waals surface area (Å²) in [6.07, 6.45) is 2.84. The summed E-state index contributed by atoms with van der Waals surface area (Å²) in [5.74, 6) is 0. The van der Waals surface area contributed by atoms with E-state index in [1.165, 1.54) is 17.5 Å². The number of ether oxygens (including phenoxy) is 1. The van der Waals surface area contributed by atoms with Crippen molar-refractivity contribution in [2.45, 2.75) is 32.6 Å². The maximum absolute atomic E-state index is 10.5. The predicted octanol–water partition coefficient (Wildman–Crippen LogP) is 1.33. The summed E-state index contributed by atoms with van der Waals surface area (Å²) in [5, 5.41) is 14.6. The zero-order valence-electron chi connectivity index (χ0n) is 13.7. The molecule has 124 valence electrons. The third-order valence-corrected chi connectivity index (χ3v) is 4.43. The molecule has 1 aromatic carbocycles. The summed E-state index contributed by atoms with van der Waals surface area (Å²) in [6.45, 7) is 7.79. The van der Waals surface area contributed by atoms with Gasteiger partial charge in [-0.1, -0.05) is 18.2 Å². The van der Waals surface area contributed by atoms with Crippen LogP contribution in [0.25, 0.3) is 0 Å². The van der Waals surface area contributed by atoms with Gasteiger partial charge in [-0.05, 0) is 30.5 Å². The van der Waals surface area contributed by atoms with Gasteiger partial charge in [0.1, 0.15) is 12.7 Å². The van der Waals surface area contributed by atoms with Crippen molar-refractivity contribution in [2.24, 2.45) is 0 Å². The fourth-order valence-electron chi connectivity index (χ4n) is 2.91. The Hall–Kier alpha value is -1.76. The van der Waals surface area contributed by atoms with Crippen LogP contribution in [0, 0.1) is 13.8 Å². The molecule has 0 spiro atoms. The second-order valence-electron chi connectivity index (χ2n) is 6.23. The molecule has 3 rings (SSSR count). The number of benzene rings is 1. The van der Waals surface area contributed by atoms with Crippen molar-refractivity contribution in [3.8, 4) is 0 Å². The fraction of sp³-hybridized carbons (Fsp3) is 0.529. The van der Waals surface area contributed by atoms with E-state index >= 15 is 0 Å². The summed E-state index contributed by atoms with van der Waals surface area (Å²) >= 11 is 0. The average molecular weight is 316 g/mol. The highest BCUT2D eigenvalue weighted by molar-refractivity contribution is 5.31. The van der Waals surface area contributed by atoms with Gasteiger partial charge in [0.2, 0.25) is 0 Å². The molecule has 6 nitrogen and oxygen atoms in total. The average Bonchev–Trinajstić information content (AvgIpc) is 3.03. The van der Waals surface area contributed by atoms with E-state index < -0.39 is 6.10 Å². The quantitative estimate of drug-likeness (QED) is 0.901. The fourth-order valence-corrected chi connectivity index (χ4v) is 2.91. The lowest BCUT2D eigenvalue weighted by Gasteiger charge is -2.34. The van der Waals surface area contributed by atoms with Crippen LogP contribution >= 0.6 is 0 Å². The molecule has 2 aromatic rings. The number of β-amino-alcohol motifs (C(OH)–C–C–N with tert-alkyl or cyclic N) is 1. The summed E-state index contributed by atoms with van der Waals surface area (Å²) < 4.78 is 7.58. The highest BCUT2D eigenvalue weighted by Gasteiger charge is 2.23. The monoisotopic (exact) mass is 316 g/mol. The lowest BCUT2D eigenvalue weighted by atomic mass is 10.0. The molecule has 1 aromatic heterocycles. The van der Waals surface area contributed by atoms with E-state index in [4.69, 9.17) is 4.74 Å². The second-order valence-corrected chi connectivity index (χ2v) is 6.23. The van der Waals surface area contributed by atoms with Gasteiger partial charge in [0.25, 0.3) is 0 Å². The van der Waals surface area contributed by atoms with Gasteiger partial charge in [-0.3, -0.25) is 9.58 Å². The van der Waals surface area contributed by atoms with Gasteiger partial charge < -0.3 is 9.84 Å². The van der Waals surface area contributed by atoms with E-state index in [1.807, 2.05) is 6.07 Å². The molecule has 1 aliphatic heterocycles. The van der Waals surface area contributed by atoms with E-state index in [0.29, 0.717) is 19.7 Å². The Kier molecular flexibility index (Phi) is 5.05. The molecule has 1 N–H and O–H groups in total. The van der Waals surface area contributed by atoms with Crippen LogP contribution in [-0.4, -0.2) is 57.1 Å². The van der Waals surface area contributed by atoms with Crippen molar-refractivity contribution in [3.63, 3.8) is 0 Å². The van der Waals surface area contributed by atoms with Gasteiger partial charge in [0.05, 0.1) is 25.4 Å². The Morgan fingerprint density at radius 1 is 1.35 bits per heavy atom. The van der Waals surface area contributed by atoms with E-state index in [0.717, 1.165) is 18.7 Å². The molecule has 0 aliphatic carbocycles. The normalized spacial score (nSPS) is 20.6. The predicted molar refractivity (Wildman–Crippen MR) is 87.1 cm³/mol. The number of aliphatic hydroxyl groups excluding tert-OH is 1. The van der Waals surface area contributed by atoms with Crippen LogP contribution in [0.1, 0.15) is 22.8 Å². The molecule has 1 saturated heterocycles. The molecule has 23 heavy (non-hydrogen) atoms. The van der Waals surface area contributed by atoms with E-state index in [2.05, 4.69) is 41.0 Å². The number of morpholine rings is 1. The summed E-state index contributed by atoms with van der Waals surface area (Å²) in [7, 11) is 0. The number of rotatable bonds is 5. The lowest BCUT2D eigenvalue weighted by molar-refractivity contribution is -0.0487. The minimum Gasteiger partial charge on any atom is -0.387 e. The van der Waals surface area contributed by atoms with E-state index in [-0.39, 0.29) is 6.10 Å². The summed E-state index contributed by atoms with van der Waals surface area (Å²) in [5.41, 5.74) is 3.44. The molecular weight excluding hydrogens is 292 g/mol. The minimum atomic E-state index is -0.473. The van der Waals surface area contributed by atoms with Gasteiger partial charge in [-0.25, -0.2) is 4.98 Å². The molecule has 0 saturated carbocycles. The van der Waals surface area contributed by atoms with Crippen molar-refractivity contribution in [3.05, 3.63) is 47.5 Å². The maximum atomic E-state index is 10.5. The summed E-state index contributed by atoms with van der Waals surface area (Å²) in [4.78, 5) is 6.21. The van der Waals surface area contributed by atoms with E-state index in [1.54, 1.807) is 11.0 Å². The first kappa shape index (κ1) is 16.1. The largest absolute Gasteiger partial charge is 0.387 e. The summed E-state index contributed by atoms with van der Waals surface area (Å²) in [6, 6.07) is 6.16. The van der Waals surface area contributed by atoms with Crippen LogP contribution < -0.4 is 0 Å². The molecule has 2 unspecified atom stereocenters.